The Hall–Kier alpha value is -1.55. The summed E-state index contributed by atoms with van der Waals surface area (Å²) >= 11 is 0. The number of hydrogen-bond donors (Lipinski definition) is 2. The number of carbonyl (C=O) groups excluding carboxylic acids is 1. The molecule has 0 aliphatic carbocycles. The zero-order chi connectivity index (χ0) is 12.4. The second-order valence-electron chi connectivity index (χ2n) is 4.50. The number of phenolic OH excluding ortho intramolecular Hbond substituents is 1. The molecule has 1 aliphatic heterocycles. The van der Waals surface area contributed by atoms with Gasteiger partial charge in [0.2, 0.25) is 0 Å². The van der Waals surface area contributed by atoms with Crippen molar-refractivity contribution in [1.29, 1.82) is 0 Å². The summed E-state index contributed by atoms with van der Waals surface area (Å²) in [6.45, 7) is 3.00. The van der Waals surface area contributed by atoms with Gasteiger partial charge in [0.25, 0.3) is 5.91 Å². The van der Waals surface area contributed by atoms with Crippen molar-refractivity contribution in [3.63, 3.8) is 0 Å². The smallest absolute Gasteiger partial charge is 0.257 e. The minimum atomic E-state index is -0.112. The highest BCUT2D eigenvalue weighted by molar-refractivity contribution is 5.97. The first-order valence-corrected chi connectivity index (χ1v) is 5.94. The first kappa shape index (κ1) is 11.9. The molecule has 4 heteroatoms. The van der Waals surface area contributed by atoms with Crippen LogP contribution in [0, 0.1) is 6.92 Å². The molecule has 0 saturated carbocycles. The van der Waals surface area contributed by atoms with Crippen molar-refractivity contribution in [2.75, 3.05) is 13.1 Å². The predicted octanol–water partition coefficient (Wildman–Crippen LogP) is 1.26. The highest BCUT2D eigenvalue weighted by Crippen LogP contribution is 2.26. The normalized spacial score (nSPS) is 19.6. The van der Waals surface area contributed by atoms with Gasteiger partial charge in [-0.05, 0) is 31.4 Å². The Bertz CT molecular complexity index is 431. The fourth-order valence-electron chi connectivity index (χ4n) is 2.33. The maximum Gasteiger partial charge on any atom is 0.257 e. The molecule has 4 nitrogen and oxygen atoms in total. The quantitative estimate of drug-likeness (QED) is 0.809. The fraction of sp³-hybridized carbons (Fsp3) is 0.462. The molecule has 1 heterocycles. The number of nitrogens with zero attached hydrogens (tertiary/aromatic N) is 1. The van der Waals surface area contributed by atoms with Gasteiger partial charge in [0, 0.05) is 19.1 Å². The Morgan fingerprint density at radius 1 is 1.59 bits per heavy atom. The van der Waals surface area contributed by atoms with Gasteiger partial charge in [-0.1, -0.05) is 12.1 Å². The molecular formula is C13H18N2O2. The number of amides is 1. The van der Waals surface area contributed by atoms with Crippen LogP contribution in [0.3, 0.4) is 0 Å². The third-order valence-electron chi connectivity index (χ3n) is 3.38. The molecule has 1 saturated heterocycles. The average molecular weight is 234 g/mol. The Balaban J connectivity index is 2.28. The molecule has 1 atom stereocenters. The lowest BCUT2D eigenvalue weighted by atomic mass is 10.1. The number of carbonyl (C=O) groups is 1. The van der Waals surface area contributed by atoms with E-state index in [0.29, 0.717) is 12.1 Å². The maximum absolute atomic E-state index is 12.3. The summed E-state index contributed by atoms with van der Waals surface area (Å²) in [5.74, 6) is -0.0284. The SMILES string of the molecule is Cc1cccc(C(=O)N2CCCC2CN)c1O. The van der Waals surface area contributed by atoms with Crippen LogP contribution in [-0.4, -0.2) is 35.0 Å². The third kappa shape index (κ3) is 2.13. The molecule has 0 spiro atoms. The first-order valence-electron chi connectivity index (χ1n) is 5.94. The van der Waals surface area contributed by atoms with Gasteiger partial charge in [-0.15, -0.1) is 0 Å². The zero-order valence-electron chi connectivity index (χ0n) is 10.0. The summed E-state index contributed by atoms with van der Waals surface area (Å²) in [5, 5.41) is 9.91. The Labute approximate surface area is 101 Å². The number of aromatic hydroxyl groups is 1. The fourth-order valence-corrected chi connectivity index (χ4v) is 2.33. The van der Waals surface area contributed by atoms with Crippen LogP contribution in [0.15, 0.2) is 18.2 Å². The molecule has 1 unspecified atom stereocenters. The van der Waals surface area contributed by atoms with Crippen LogP contribution in [-0.2, 0) is 0 Å². The van der Waals surface area contributed by atoms with E-state index in [1.54, 1.807) is 30.0 Å². The van der Waals surface area contributed by atoms with E-state index in [2.05, 4.69) is 0 Å². The second-order valence-corrected chi connectivity index (χ2v) is 4.50. The summed E-state index contributed by atoms with van der Waals surface area (Å²) in [4.78, 5) is 14.1. The van der Waals surface area contributed by atoms with Gasteiger partial charge in [-0.2, -0.15) is 0 Å². The van der Waals surface area contributed by atoms with Crippen molar-refractivity contribution in [2.24, 2.45) is 5.73 Å². The van der Waals surface area contributed by atoms with Gasteiger partial charge in [0.1, 0.15) is 5.75 Å². The molecule has 0 radical (unpaired) electrons. The second kappa shape index (κ2) is 4.75. The summed E-state index contributed by atoms with van der Waals surface area (Å²) in [7, 11) is 0. The molecule has 1 aromatic rings. The van der Waals surface area contributed by atoms with E-state index in [9.17, 15) is 9.90 Å². The molecule has 0 aromatic heterocycles. The minimum Gasteiger partial charge on any atom is -0.507 e. The highest BCUT2D eigenvalue weighted by Gasteiger charge is 2.29. The van der Waals surface area contributed by atoms with E-state index in [-0.39, 0.29) is 17.7 Å². The number of nitrogens with two attached hydrogens (primary N) is 1. The standard InChI is InChI=1S/C13H18N2O2/c1-9-4-2-6-11(12(9)16)13(17)15-7-3-5-10(15)8-14/h2,4,6,10,16H,3,5,7-8,14H2,1H3. The van der Waals surface area contributed by atoms with Crippen molar-refractivity contribution >= 4 is 5.91 Å². The van der Waals surface area contributed by atoms with E-state index in [4.69, 9.17) is 5.73 Å². The summed E-state index contributed by atoms with van der Waals surface area (Å²) < 4.78 is 0. The van der Waals surface area contributed by atoms with Crippen LogP contribution in [0.5, 0.6) is 5.75 Å². The van der Waals surface area contributed by atoms with Crippen LogP contribution in [0.25, 0.3) is 0 Å². The molecule has 1 amide bonds. The summed E-state index contributed by atoms with van der Waals surface area (Å²) in [6.07, 6.45) is 1.94. The Kier molecular flexibility index (Phi) is 3.33. The van der Waals surface area contributed by atoms with Crippen molar-refractivity contribution < 1.29 is 9.90 Å². The number of rotatable bonds is 2. The Morgan fingerprint density at radius 3 is 3.06 bits per heavy atom. The van der Waals surface area contributed by atoms with Crippen molar-refractivity contribution in [3.05, 3.63) is 29.3 Å². The van der Waals surface area contributed by atoms with E-state index < -0.39 is 0 Å². The van der Waals surface area contributed by atoms with E-state index in [0.717, 1.165) is 24.9 Å². The molecule has 1 aliphatic rings. The minimum absolute atomic E-state index is 0.0835. The first-order chi connectivity index (χ1) is 8.15. The number of benzene rings is 1. The van der Waals surface area contributed by atoms with Gasteiger partial charge in [0.05, 0.1) is 5.56 Å². The van der Waals surface area contributed by atoms with Crippen molar-refractivity contribution in [3.8, 4) is 5.75 Å². The van der Waals surface area contributed by atoms with Gasteiger partial charge >= 0.3 is 0 Å². The van der Waals surface area contributed by atoms with Crippen LogP contribution >= 0.6 is 0 Å². The zero-order valence-corrected chi connectivity index (χ0v) is 10.0. The molecule has 1 aromatic carbocycles. The number of phenols is 1. The molecule has 0 bridgehead atoms. The highest BCUT2D eigenvalue weighted by atomic mass is 16.3. The Morgan fingerprint density at radius 2 is 2.35 bits per heavy atom. The van der Waals surface area contributed by atoms with E-state index >= 15 is 0 Å². The van der Waals surface area contributed by atoms with E-state index in [1.165, 1.54) is 0 Å². The molecular weight excluding hydrogens is 216 g/mol. The van der Waals surface area contributed by atoms with Gasteiger partial charge in [-0.25, -0.2) is 0 Å². The summed E-state index contributed by atoms with van der Waals surface area (Å²) in [5.41, 5.74) is 6.75. The topological polar surface area (TPSA) is 66.6 Å². The van der Waals surface area contributed by atoms with Crippen LogP contribution in [0.1, 0.15) is 28.8 Å². The third-order valence-corrected chi connectivity index (χ3v) is 3.38. The van der Waals surface area contributed by atoms with Crippen LogP contribution < -0.4 is 5.73 Å². The molecule has 2 rings (SSSR count). The van der Waals surface area contributed by atoms with Gasteiger partial charge in [-0.3, -0.25) is 4.79 Å². The molecule has 92 valence electrons. The largest absolute Gasteiger partial charge is 0.507 e. The van der Waals surface area contributed by atoms with Crippen molar-refractivity contribution in [2.45, 2.75) is 25.8 Å². The van der Waals surface area contributed by atoms with E-state index in [1.807, 2.05) is 0 Å². The monoisotopic (exact) mass is 234 g/mol. The molecule has 1 fully saturated rings. The van der Waals surface area contributed by atoms with Crippen LogP contribution in [0.4, 0.5) is 0 Å². The molecule has 3 N–H and O–H groups in total. The lowest BCUT2D eigenvalue weighted by molar-refractivity contribution is 0.0738. The van der Waals surface area contributed by atoms with Crippen molar-refractivity contribution in [1.82, 2.24) is 4.90 Å². The number of para-hydroxylation sites is 1. The summed E-state index contributed by atoms with van der Waals surface area (Å²) in [6, 6.07) is 5.35. The number of hydrogen-bond acceptors (Lipinski definition) is 3. The average Bonchev–Trinajstić information content (AvgIpc) is 2.80. The van der Waals surface area contributed by atoms with Crippen LogP contribution in [0.2, 0.25) is 0 Å². The number of likely N-dealkylation sites (tertiary alicyclic amines) is 1. The molecule has 17 heavy (non-hydrogen) atoms. The lowest BCUT2D eigenvalue weighted by Gasteiger charge is -2.24. The lowest BCUT2D eigenvalue weighted by Crippen LogP contribution is -2.39. The predicted molar refractivity (Wildman–Crippen MR) is 66.0 cm³/mol. The number of aryl methyl sites for hydroxylation is 1. The maximum atomic E-state index is 12.3. The van der Waals surface area contributed by atoms with Gasteiger partial charge in [0.15, 0.2) is 0 Å². The van der Waals surface area contributed by atoms with Gasteiger partial charge < -0.3 is 15.7 Å².